The van der Waals surface area contributed by atoms with Crippen LogP contribution in [0.1, 0.15) is 23.6 Å². The molecule has 0 atom stereocenters. The molecule has 0 saturated carbocycles. The Kier molecular flexibility index (Phi) is 5.84. The van der Waals surface area contributed by atoms with Crippen LogP contribution in [-0.4, -0.2) is 45.3 Å². The number of aliphatic imine (C=N–C) groups is 1. The van der Waals surface area contributed by atoms with Crippen molar-refractivity contribution in [3.05, 3.63) is 66.3 Å². The van der Waals surface area contributed by atoms with Gasteiger partial charge in [-0.2, -0.15) is 0 Å². The largest absolute Gasteiger partial charge is 0.353 e. The van der Waals surface area contributed by atoms with Crippen molar-refractivity contribution >= 4 is 11.5 Å². The van der Waals surface area contributed by atoms with Crippen LogP contribution in [0.15, 0.2) is 54.1 Å². The Bertz CT molecular complexity index is 803. The minimum Gasteiger partial charge on any atom is -0.353 e. The summed E-state index contributed by atoms with van der Waals surface area (Å²) in [6.07, 6.45) is 5.13. The summed E-state index contributed by atoms with van der Waals surface area (Å²) >= 11 is 0. The fourth-order valence-corrected chi connectivity index (χ4v) is 2.94. The summed E-state index contributed by atoms with van der Waals surface area (Å²) in [5.74, 6) is 2.64. The number of rotatable bonds is 5. The first-order chi connectivity index (χ1) is 12.7. The molecule has 1 aromatic carbocycles. The number of benzene rings is 1. The van der Waals surface area contributed by atoms with Gasteiger partial charge in [-0.1, -0.05) is 42.5 Å². The average Bonchev–Trinajstić information content (AvgIpc) is 3.01. The van der Waals surface area contributed by atoms with Crippen molar-refractivity contribution < 1.29 is 0 Å². The first-order valence-corrected chi connectivity index (χ1v) is 8.92. The minimum atomic E-state index is 0.503. The van der Waals surface area contributed by atoms with E-state index in [-0.39, 0.29) is 0 Å². The first-order valence-electron chi connectivity index (χ1n) is 8.92. The predicted molar refractivity (Wildman–Crippen MR) is 106 cm³/mol. The van der Waals surface area contributed by atoms with Crippen molar-refractivity contribution in [1.82, 2.24) is 25.0 Å². The van der Waals surface area contributed by atoms with Crippen LogP contribution < -0.4 is 5.32 Å². The molecule has 26 heavy (non-hydrogen) atoms. The Balaban J connectivity index is 1.72. The SMILES string of the molecule is C=CCNC(=NCc1nnc(C)n1C)N1CC=C(c2ccccc2)CC1. The van der Waals surface area contributed by atoms with Gasteiger partial charge in [-0.05, 0) is 24.5 Å². The maximum absolute atomic E-state index is 4.76. The van der Waals surface area contributed by atoms with Gasteiger partial charge >= 0.3 is 0 Å². The van der Waals surface area contributed by atoms with E-state index in [9.17, 15) is 0 Å². The van der Waals surface area contributed by atoms with E-state index >= 15 is 0 Å². The summed E-state index contributed by atoms with van der Waals surface area (Å²) in [6, 6.07) is 10.6. The van der Waals surface area contributed by atoms with Gasteiger partial charge in [-0.25, -0.2) is 4.99 Å². The molecule has 6 nitrogen and oxygen atoms in total. The zero-order valence-electron chi connectivity index (χ0n) is 15.5. The third-order valence-corrected chi connectivity index (χ3v) is 4.61. The molecule has 6 heteroatoms. The lowest BCUT2D eigenvalue weighted by Gasteiger charge is -2.29. The Morgan fingerprint density at radius 2 is 2.12 bits per heavy atom. The van der Waals surface area contributed by atoms with Gasteiger partial charge in [0, 0.05) is 26.7 Å². The van der Waals surface area contributed by atoms with Crippen LogP contribution in [0, 0.1) is 6.92 Å². The van der Waals surface area contributed by atoms with Gasteiger partial charge in [0.1, 0.15) is 12.4 Å². The van der Waals surface area contributed by atoms with Crippen LogP contribution in [0.5, 0.6) is 0 Å². The van der Waals surface area contributed by atoms with Crippen LogP contribution in [0.2, 0.25) is 0 Å². The van der Waals surface area contributed by atoms with Gasteiger partial charge < -0.3 is 14.8 Å². The molecule has 1 aromatic heterocycles. The van der Waals surface area contributed by atoms with Gasteiger partial charge in [0.15, 0.2) is 11.8 Å². The molecule has 1 aliphatic heterocycles. The van der Waals surface area contributed by atoms with Crippen molar-refractivity contribution in [2.24, 2.45) is 12.0 Å². The van der Waals surface area contributed by atoms with Gasteiger partial charge in [-0.3, -0.25) is 0 Å². The number of hydrogen-bond acceptors (Lipinski definition) is 3. The highest BCUT2D eigenvalue weighted by atomic mass is 15.3. The minimum absolute atomic E-state index is 0.503. The van der Waals surface area contributed by atoms with Crippen LogP contribution in [0.4, 0.5) is 0 Å². The molecule has 0 fully saturated rings. The summed E-state index contributed by atoms with van der Waals surface area (Å²) in [7, 11) is 1.97. The molecule has 2 heterocycles. The van der Waals surface area contributed by atoms with E-state index in [1.807, 2.05) is 24.6 Å². The van der Waals surface area contributed by atoms with Crippen LogP contribution in [0.3, 0.4) is 0 Å². The molecular weight excluding hydrogens is 324 g/mol. The summed E-state index contributed by atoms with van der Waals surface area (Å²) in [5, 5.41) is 11.6. The Hall–Kier alpha value is -2.89. The number of guanidine groups is 1. The van der Waals surface area contributed by atoms with Gasteiger partial charge in [0.05, 0.1) is 0 Å². The smallest absolute Gasteiger partial charge is 0.194 e. The second-order valence-corrected chi connectivity index (χ2v) is 6.32. The number of aromatic nitrogens is 3. The van der Waals surface area contributed by atoms with Crippen molar-refractivity contribution in [2.75, 3.05) is 19.6 Å². The zero-order valence-corrected chi connectivity index (χ0v) is 15.5. The molecule has 1 N–H and O–H groups in total. The molecule has 0 amide bonds. The third kappa shape index (κ3) is 4.20. The maximum Gasteiger partial charge on any atom is 0.194 e. The molecule has 0 saturated heterocycles. The number of aryl methyl sites for hydroxylation is 1. The highest BCUT2D eigenvalue weighted by Gasteiger charge is 2.16. The molecule has 0 radical (unpaired) electrons. The van der Waals surface area contributed by atoms with Gasteiger partial charge in [0.25, 0.3) is 0 Å². The van der Waals surface area contributed by atoms with E-state index in [0.29, 0.717) is 13.1 Å². The first kappa shape index (κ1) is 17.9. The quantitative estimate of drug-likeness (QED) is 0.511. The second kappa shape index (κ2) is 8.47. The summed E-state index contributed by atoms with van der Waals surface area (Å²) in [6.45, 7) is 8.69. The summed E-state index contributed by atoms with van der Waals surface area (Å²) in [5.41, 5.74) is 2.70. The highest BCUT2D eigenvalue weighted by Crippen LogP contribution is 2.22. The van der Waals surface area contributed by atoms with E-state index in [1.54, 1.807) is 0 Å². The zero-order chi connectivity index (χ0) is 18.4. The van der Waals surface area contributed by atoms with Crippen molar-refractivity contribution in [1.29, 1.82) is 0 Å². The van der Waals surface area contributed by atoms with E-state index in [1.165, 1.54) is 11.1 Å². The Labute approximate surface area is 155 Å². The summed E-state index contributed by atoms with van der Waals surface area (Å²) in [4.78, 5) is 7.02. The fraction of sp³-hybridized carbons (Fsp3) is 0.350. The van der Waals surface area contributed by atoms with Gasteiger partial charge in [-0.15, -0.1) is 16.8 Å². The highest BCUT2D eigenvalue weighted by molar-refractivity contribution is 5.81. The molecule has 0 spiro atoms. The second-order valence-electron chi connectivity index (χ2n) is 6.32. The van der Waals surface area contributed by atoms with Crippen LogP contribution >= 0.6 is 0 Å². The Morgan fingerprint density at radius 1 is 1.31 bits per heavy atom. The number of nitrogens with one attached hydrogen (secondary N) is 1. The van der Waals surface area contributed by atoms with Crippen molar-refractivity contribution in [3.63, 3.8) is 0 Å². The van der Waals surface area contributed by atoms with Crippen molar-refractivity contribution in [3.8, 4) is 0 Å². The molecular formula is C20H26N6. The predicted octanol–water partition coefficient (Wildman–Crippen LogP) is 2.54. The van der Waals surface area contributed by atoms with Crippen molar-refractivity contribution in [2.45, 2.75) is 19.9 Å². The normalized spacial score (nSPS) is 14.9. The lowest BCUT2D eigenvalue weighted by Crippen LogP contribution is -2.43. The fourth-order valence-electron chi connectivity index (χ4n) is 2.94. The topological polar surface area (TPSA) is 58.3 Å². The molecule has 1 aliphatic rings. The lowest BCUT2D eigenvalue weighted by atomic mass is 10.00. The molecule has 2 aromatic rings. The van der Waals surface area contributed by atoms with Crippen LogP contribution in [0.25, 0.3) is 5.57 Å². The monoisotopic (exact) mass is 350 g/mol. The molecule has 0 aliphatic carbocycles. The maximum atomic E-state index is 4.76. The van der Waals surface area contributed by atoms with E-state index in [2.05, 4.69) is 63.4 Å². The molecule has 0 bridgehead atoms. The molecule has 3 rings (SSSR count). The number of nitrogens with zero attached hydrogens (tertiary/aromatic N) is 5. The van der Waals surface area contributed by atoms with E-state index in [0.717, 1.165) is 37.1 Å². The van der Waals surface area contributed by atoms with E-state index < -0.39 is 0 Å². The number of hydrogen-bond donors (Lipinski definition) is 1. The van der Waals surface area contributed by atoms with Crippen LogP contribution in [-0.2, 0) is 13.6 Å². The van der Waals surface area contributed by atoms with Gasteiger partial charge in [0.2, 0.25) is 0 Å². The average molecular weight is 350 g/mol. The Morgan fingerprint density at radius 3 is 2.73 bits per heavy atom. The summed E-state index contributed by atoms with van der Waals surface area (Å²) < 4.78 is 1.97. The molecule has 0 unspecified atom stereocenters. The lowest BCUT2D eigenvalue weighted by molar-refractivity contribution is 0.440. The molecule has 136 valence electrons. The van der Waals surface area contributed by atoms with E-state index in [4.69, 9.17) is 4.99 Å². The standard InChI is InChI=1S/C20H26N6/c1-4-12-21-20(22-15-19-24-23-16(2)25(19)3)26-13-10-18(11-14-26)17-8-6-5-7-9-17/h4-10H,1,11-15H2,2-3H3,(H,21,22). The third-order valence-electron chi connectivity index (χ3n) is 4.61.